The standard InChI is InChI=1S/C38H50N2O7/c1-29-15-17-32(18-16-29)40(36(41)35-14-13-25-47-35)33-19-22-39(23-20-33)21-11-9-7-5-4-6-8-10-12-24-46-34-27-30(37(42)44-2)26-31(28-34)38(43)45-3/h13-18,25-28,33H,4-12,19-24H2,1-3H3. The van der Waals surface area contributed by atoms with Gasteiger partial charge in [-0.3, -0.25) is 4.79 Å². The molecule has 0 atom stereocenters. The van der Waals surface area contributed by atoms with Crippen molar-refractivity contribution in [3.63, 3.8) is 0 Å². The Labute approximate surface area is 279 Å². The van der Waals surface area contributed by atoms with E-state index in [0.29, 0.717) is 18.1 Å². The summed E-state index contributed by atoms with van der Waals surface area (Å²) in [6.45, 7) is 5.71. The minimum absolute atomic E-state index is 0.0658. The molecule has 0 N–H and O–H groups in total. The number of carbonyl (C=O) groups is 3. The number of esters is 2. The number of anilines is 1. The molecule has 1 aliphatic rings. The molecule has 254 valence electrons. The Morgan fingerprint density at radius 3 is 1.91 bits per heavy atom. The Morgan fingerprint density at radius 2 is 1.36 bits per heavy atom. The molecule has 0 radical (unpaired) electrons. The molecule has 0 aliphatic carbocycles. The van der Waals surface area contributed by atoms with Gasteiger partial charge in [-0.1, -0.05) is 62.6 Å². The number of rotatable bonds is 18. The van der Waals surface area contributed by atoms with Gasteiger partial charge in [0.15, 0.2) is 5.76 Å². The fourth-order valence-electron chi connectivity index (χ4n) is 6.14. The second-order valence-corrected chi connectivity index (χ2v) is 12.3. The van der Waals surface area contributed by atoms with E-state index in [-0.39, 0.29) is 23.1 Å². The zero-order chi connectivity index (χ0) is 33.4. The number of ether oxygens (including phenoxy) is 3. The molecule has 4 rings (SSSR count). The van der Waals surface area contributed by atoms with Crippen LogP contribution in [0, 0.1) is 6.92 Å². The van der Waals surface area contributed by atoms with Crippen molar-refractivity contribution in [2.75, 3.05) is 45.4 Å². The van der Waals surface area contributed by atoms with Crippen LogP contribution in [0.1, 0.15) is 107 Å². The van der Waals surface area contributed by atoms with E-state index in [2.05, 4.69) is 24.0 Å². The van der Waals surface area contributed by atoms with Crippen LogP contribution in [0.5, 0.6) is 5.75 Å². The number of unbranched alkanes of at least 4 members (excludes halogenated alkanes) is 8. The summed E-state index contributed by atoms with van der Waals surface area (Å²) in [4.78, 5) is 41.8. The van der Waals surface area contributed by atoms with E-state index >= 15 is 0 Å². The number of amides is 1. The van der Waals surface area contributed by atoms with Gasteiger partial charge in [0.2, 0.25) is 0 Å². The number of carbonyl (C=O) groups excluding carboxylic acids is 3. The second kappa shape index (κ2) is 18.9. The fourth-order valence-corrected chi connectivity index (χ4v) is 6.14. The van der Waals surface area contributed by atoms with Crippen LogP contribution in [0.3, 0.4) is 0 Å². The van der Waals surface area contributed by atoms with Gasteiger partial charge in [0.1, 0.15) is 5.75 Å². The minimum Gasteiger partial charge on any atom is -0.494 e. The normalized spacial score (nSPS) is 13.7. The van der Waals surface area contributed by atoms with Gasteiger partial charge in [0.25, 0.3) is 5.91 Å². The van der Waals surface area contributed by atoms with Crippen LogP contribution in [-0.2, 0) is 9.47 Å². The Balaban J connectivity index is 1.05. The number of hydrogen-bond acceptors (Lipinski definition) is 8. The Morgan fingerprint density at radius 1 is 0.787 bits per heavy atom. The molecule has 0 saturated carbocycles. The van der Waals surface area contributed by atoms with Gasteiger partial charge in [-0.25, -0.2) is 9.59 Å². The van der Waals surface area contributed by atoms with Gasteiger partial charge >= 0.3 is 11.9 Å². The van der Waals surface area contributed by atoms with Crippen LogP contribution in [0.2, 0.25) is 0 Å². The van der Waals surface area contributed by atoms with Gasteiger partial charge in [-0.2, -0.15) is 0 Å². The number of benzene rings is 2. The molecule has 9 heteroatoms. The molecule has 2 heterocycles. The average molecular weight is 647 g/mol. The number of piperidine rings is 1. The molecule has 0 bridgehead atoms. The predicted octanol–water partition coefficient (Wildman–Crippen LogP) is 7.86. The molecule has 0 spiro atoms. The molecule has 9 nitrogen and oxygen atoms in total. The van der Waals surface area contributed by atoms with E-state index in [1.807, 2.05) is 17.0 Å². The van der Waals surface area contributed by atoms with Crippen molar-refractivity contribution in [1.29, 1.82) is 0 Å². The van der Waals surface area contributed by atoms with Gasteiger partial charge < -0.3 is 28.4 Å². The molecular weight excluding hydrogens is 596 g/mol. The fraction of sp³-hybridized carbons (Fsp3) is 0.500. The lowest BCUT2D eigenvalue weighted by Gasteiger charge is -2.38. The molecule has 1 aliphatic heterocycles. The van der Waals surface area contributed by atoms with Crippen molar-refractivity contribution in [2.24, 2.45) is 0 Å². The average Bonchev–Trinajstić information content (AvgIpc) is 3.65. The molecule has 1 fully saturated rings. The van der Waals surface area contributed by atoms with Gasteiger partial charge in [-0.15, -0.1) is 0 Å². The van der Waals surface area contributed by atoms with Crippen molar-refractivity contribution >= 4 is 23.5 Å². The zero-order valence-corrected chi connectivity index (χ0v) is 28.2. The first kappa shape index (κ1) is 35.7. The Kier molecular flexibility index (Phi) is 14.4. The highest BCUT2D eigenvalue weighted by Crippen LogP contribution is 2.27. The zero-order valence-electron chi connectivity index (χ0n) is 28.2. The molecule has 0 unspecified atom stereocenters. The molecule has 1 aromatic heterocycles. The molecule has 47 heavy (non-hydrogen) atoms. The lowest BCUT2D eigenvalue weighted by Crippen LogP contribution is -2.47. The van der Waals surface area contributed by atoms with Crippen molar-refractivity contribution in [3.8, 4) is 5.75 Å². The first-order chi connectivity index (χ1) is 22.9. The number of aryl methyl sites for hydroxylation is 1. The summed E-state index contributed by atoms with van der Waals surface area (Å²) in [5.41, 5.74) is 2.63. The highest BCUT2D eigenvalue weighted by molar-refractivity contribution is 6.04. The van der Waals surface area contributed by atoms with Crippen LogP contribution >= 0.6 is 0 Å². The summed E-state index contributed by atoms with van der Waals surface area (Å²) in [7, 11) is 2.60. The summed E-state index contributed by atoms with van der Waals surface area (Å²) in [6.07, 6.45) is 14.1. The van der Waals surface area contributed by atoms with Crippen molar-refractivity contribution in [3.05, 3.63) is 83.3 Å². The molecular formula is C38H50N2O7. The largest absolute Gasteiger partial charge is 0.494 e. The van der Waals surface area contributed by atoms with Crippen LogP contribution in [0.4, 0.5) is 5.69 Å². The number of nitrogens with zero attached hydrogens (tertiary/aromatic N) is 2. The summed E-state index contributed by atoms with van der Waals surface area (Å²) >= 11 is 0. The second-order valence-electron chi connectivity index (χ2n) is 12.3. The van der Waals surface area contributed by atoms with Crippen LogP contribution < -0.4 is 9.64 Å². The van der Waals surface area contributed by atoms with Crippen LogP contribution in [0.25, 0.3) is 0 Å². The van der Waals surface area contributed by atoms with Crippen molar-refractivity contribution < 1.29 is 33.0 Å². The highest BCUT2D eigenvalue weighted by Gasteiger charge is 2.31. The van der Waals surface area contributed by atoms with E-state index in [4.69, 9.17) is 18.6 Å². The van der Waals surface area contributed by atoms with Gasteiger partial charge in [0, 0.05) is 24.8 Å². The molecule has 2 aromatic carbocycles. The monoisotopic (exact) mass is 646 g/mol. The predicted molar refractivity (Wildman–Crippen MR) is 182 cm³/mol. The number of methoxy groups -OCH3 is 2. The lowest BCUT2D eigenvalue weighted by molar-refractivity contribution is 0.0597. The third-order valence-corrected chi connectivity index (χ3v) is 8.82. The maximum atomic E-state index is 13.4. The topological polar surface area (TPSA) is 98.5 Å². The SMILES string of the molecule is COC(=O)c1cc(OCCCCCCCCCCCN2CCC(N(C(=O)c3ccco3)c3ccc(C)cc3)CC2)cc(C(=O)OC)c1. The Hall–Kier alpha value is -4.11. The third kappa shape index (κ3) is 11.0. The maximum Gasteiger partial charge on any atom is 0.338 e. The summed E-state index contributed by atoms with van der Waals surface area (Å²) < 4.78 is 20.8. The van der Waals surface area contributed by atoms with E-state index < -0.39 is 11.9 Å². The smallest absolute Gasteiger partial charge is 0.338 e. The van der Waals surface area contributed by atoms with Crippen molar-refractivity contribution in [1.82, 2.24) is 4.90 Å². The van der Waals surface area contributed by atoms with E-state index in [0.717, 1.165) is 57.4 Å². The lowest BCUT2D eigenvalue weighted by atomic mass is 10.0. The first-order valence-electron chi connectivity index (χ1n) is 17.0. The van der Waals surface area contributed by atoms with Crippen LogP contribution in [-0.4, -0.2) is 69.2 Å². The minimum atomic E-state index is -0.525. The van der Waals surface area contributed by atoms with Crippen molar-refractivity contribution in [2.45, 2.75) is 83.6 Å². The molecule has 3 aromatic rings. The summed E-state index contributed by atoms with van der Waals surface area (Å²) in [5, 5.41) is 0. The number of hydrogen-bond donors (Lipinski definition) is 0. The number of furan rings is 1. The van der Waals surface area contributed by atoms with Crippen LogP contribution in [0.15, 0.2) is 65.3 Å². The summed E-state index contributed by atoms with van der Waals surface area (Å²) in [6, 6.07) is 16.5. The third-order valence-electron chi connectivity index (χ3n) is 8.82. The van der Waals surface area contributed by atoms with E-state index in [9.17, 15) is 14.4 Å². The van der Waals surface area contributed by atoms with Gasteiger partial charge in [0.05, 0.1) is 38.2 Å². The first-order valence-corrected chi connectivity index (χ1v) is 17.0. The molecule has 1 amide bonds. The molecule has 1 saturated heterocycles. The quantitative estimate of drug-likeness (QED) is 0.102. The highest BCUT2D eigenvalue weighted by atomic mass is 16.5. The van der Waals surface area contributed by atoms with E-state index in [1.165, 1.54) is 64.4 Å². The van der Waals surface area contributed by atoms with E-state index in [1.54, 1.807) is 30.5 Å². The van der Waals surface area contributed by atoms with Gasteiger partial charge in [-0.05, 0) is 81.6 Å². The number of likely N-dealkylation sites (tertiary alicyclic amines) is 1. The summed E-state index contributed by atoms with van der Waals surface area (Å²) in [5.74, 6) is -0.269. The maximum absolute atomic E-state index is 13.4. The Bertz CT molecular complexity index is 1360.